The van der Waals surface area contributed by atoms with Crippen LogP contribution in [-0.2, 0) is 10.2 Å². The lowest BCUT2D eigenvalue weighted by atomic mass is 9.92. The van der Waals surface area contributed by atoms with E-state index in [0.717, 1.165) is 18.5 Å². The van der Waals surface area contributed by atoms with Gasteiger partial charge in [-0.2, -0.15) is 5.10 Å². The van der Waals surface area contributed by atoms with E-state index in [1.165, 1.54) is 32.8 Å². The molecule has 0 unspecified atom stereocenters. The Labute approximate surface area is 121 Å². The number of aromatic nitrogens is 2. The predicted octanol–water partition coefficient (Wildman–Crippen LogP) is 3.86. The lowest BCUT2D eigenvalue weighted by Crippen LogP contribution is -2.18. The van der Waals surface area contributed by atoms with Crippen LogP contribution in [0, 0.1) is 0 Å². The molecular weight excluding hydrogens is 252 g/mol. The molecule has 0 radical (unpaired) electrons. The fourth-order valence-electron chi connectivity index (χ4n) is 2.80. The summed E-state index contributed by atoms with van der Waals surface area (Å²) in [4.78, 5) is 12.0. The summed E-state index contributed by atoms with van der Waals surface area (Å²) in [5.41, 5.74) is 1.50. The highest BCUT2D eigenvalue weighted by atomic mass is 16.5. The van der Waals surface area contributed by atoms with Crippen molar-refractivity contribution in [2.75, 3.05) is 7.11 Å². The SMILES string of the molecule is COC(=O)c1cc(C(C)(C)C)nn1C1CCCCCC1. The van der Waals surface area contributed by atoms with Gasteiger partial charge in [0.2, 0.25) is 0 Å². The van der Waals surface area contributed by atoms with Crippen molar-refractivity contribution in [1.29, 1.82) is 0 Å². The molecule has 4 heteroatoms. The van der Waals surface area contributed by atoms with Crippen LogP contribution < -0.4 is 0 Å². The van der Waals surface area contributed by atoms with Crippen LogP contribution in [0.15, 0.2) is 6.07 Å². The molecule has 0 N–H and O–H groups in total. The number of carbonyl (C=O) groups excluding carboxylic acids is 1. The summed E-state index contributed by atoms with van der Waals surface area (Å²) in [6.45, 7) is 6.36. The quantitative estimate of drug-likeness (QED) is 0.609. The molecule has 4 nitrogen and oxygen atoms in total. The highest BCUT2D eigenvalue weighted by Crippen LogP contribution is 2.30. The Morgan fingerprint density at radius 3 is 2.35 bits per heavy atom. The average molecular weight is 278 g/mol. The lowest BCUT2D eigenvalue weighted by molar-refractivity contribution is 0.0582. The third kappa shape index (κ3) is 3.22. The second-order valence-electron chi connectivity index (χ2n) is 6.75. The zero-order valence-corrected chi connectivity index (χ0v) is 13.1. The monoisotopic (exact) mass is 278 g/mol. The van der Waals surface area contributed by atoms with Crippen molar-refractivity contribution in [3.05, 3.63) is 17.5 Å². The molecule has 1 fully saturated rings. The summed E-state index contributed by atoms with van der Waals surface area (Å²) in [5, 5.41) is 4.73. The highest BCUT2D eigenvalue weighted by molar-refractivity contribution is 5.87. The third-order valence-electron chi connectivity index (χ3n) is 4.07. The van der Waals surface area contributed by atoms with E-state index >= 15 is 0 Å². The first-order valence-corrected chi connectivity index (χ1v) is 7.62. The Hall–Kier alpha value is -1.32. The van der Waals surface area contributed by atoms with Crippen LogP contribution in [0.4, 0.5) is 0 Å². The van der Waals surface area contributed by atoms with Gasteiger partial charge in [-0.05, 0) is 18.9 Å². The van der Waals surface area contributed by atoms with E-state index in [-0.39, 0.29) is 11.4 Å². The van der Waals surface area contributed by atoms with Crippen LogP contribution in [0.1, 0.15) is 81.5 Å². The normalized spacial score (nSPS) is 17.8. The van der Waals surface area contributed by atoms with Crippen molar-refractivity contribution in [3.63, 3.8) is 0 Å². The Morgan fingerprint density at radius 1 is 1.25 bits per heavy atom. The van der Waals surface area contributed by atoms with Gasteiger partial charge in [-0.1, -0.05) is 46.5 Å². The van der Waals surface area contributed by atoms with E-state index in [4.69, 9.17) is 9.84 Å². The summed E-state index contributed by atoms with van der Waals surface area (Å²) < 4.78 is 6.85. The van der Waals surface area contributed by atoms with Gasteiger partial charge in [-0.15, -0.1) is 0 Å². The summed E-state index contributed by atoms with van der Waals surface area (Å²) in [6.07, 6.45) is 7.23. The van der Waals surface area contributed by atoms with Crippen LogP contribution in [0.3, 0.4) is 0 Å². The molecule has 1 aromatic heterocycles. The molecule has 2 rings (SSSR count). The van der Waals surface area contributed by atoms with Gasteiger partial charge in [-0.25, -0.2) is 4.79 Å². The van der Waals surface area contributed by atoms with E-state index in [0.29, 0.717) is 11.7 Å². The Bertz CT molecular complexity index is 463. The fraction of sp³-hybridized carbons (Fsp3) is 0.750. The molecule has 0 amide bonds. The number of carbonyl (C=O) groups is 1. The standard InChI is InChI=1S/C16H26N2O2/c1-16(2,3)14-11-13(15(19)20-4)18(17-14)12-9-7-5-6-8-10-12/h11-12H,5-10H2,1-4H3. The molecule has 20 heavy (non-hydrogen) atoms. The second kappa shape index (κ2) is 5.98. The van der Waals surface area contributed by atoms with Crippen molar-refractivity contribution in [3.8, 4) is 0 Å². The van der Waals surface area contributed by atoms with Gasteiger partial charge in [0.15, 0.2) is 0 Å². The molecule has 1 aromatic rings. The van der Waals surface area contributed by atoms with E-state index in [2.05, 4.69) is 20.8 Å². The topological polar surface area (TPSA) is 44.1 Å². The number of rotatable bonds is 2. The van der Waals surface area contributed by atoms with Crippen molar-refractivity contribution in [2.24, 2.45) is 0 Å². The maximum absolute atomic E-state index is 12.0. The number of hydrogen-bond acceptors (Lipinski definition) is 3. The van der Waals surface area contributed by atoms with Gasteiger partial charge < -0.3 is 4.74 Å². The molecule has 0 aromatic carbocycles. The summed E-state index contributed by atoms with van der Waals surface area (Å²) >= 11 is 0. The van der Waals surface area contributed by atoms with Crippen molar-refractivity contribution in [1.82, 2.24) is 9.78 Å². The maximum atomic E-state index is 12.0. The Balaban J connectivity index is 2.38. The summed E-state index contributed by atoms with van der Waals surface area (Å²) in [5.74, 6) is -0.280. The second-order valence-corrected chi connectivity index (χ2v) is 6.75. The van der Waals surface area contributed by atoms with Crippen LogP contribution >= 0.6 is 0 Å². The van der Waals surface area contributed by atoms with Crippen LogP contribution in [-0.4, -0.2) is 22.9 Å². The minimum Gasteiger partial charge on any atom is -0.464 e. The first-order valence-electron chi connectivity index (χ1n) is 7.62. The Kier molecular flexibility index (Phi) is 4.51. The van der Waals surface area contributed by atoms with Crippen LogP contribution in [0.25, 0.3) is 0 Å². The molecule has 0 atom stereocenters. The van der Waals surface area contributed by atoms with Crippen molar-refractivity contribution in [2.45, 2.75) is 70.8 Å². The number of hydrogen-bond donors (Lipinski definition) is 0. The van der Waals surface area contributed by atoms with Gasteiger partial charge in [0.05, 0.1) is 18.8 Å². The van der Waals surface area contributed by atoms with Gasteiger partial charge in [-0.3, -0.25) is 4.68 Å². The molecule has 0 saturated heterocycles. The average Bonchev–Trinajstić information content (AvgIpc) is 2.67. The minimum atomic E-state index is -0.280. The van der Waals surface area contributed by atoms with Crippen LogP contribution in [0.5, 0.6) is 0 Å². The third-order valence-corrected chi connectivity index (χ3v) is 4.07. The molecule has 112 valence electrons. The molecule has 1 saturated carbocycles. The molecular formula is C16H26N2O2. The molecule has 0 aliphatic heterocycles. The predicted molar refractivity (Wildman–Crippen MR) is 79.0 cm³/mol. The lowest BCUT2D eigenvalue weighted by Gasteiger charge is -2.18. The van der Waals surface area contributed by atoms with Crippen LogP contribution in [0.2, 0.25) is 0 Å². The van der Waals surface area contributed by atoms with Gasteiger partial charge in [0.25, 0.3) is 0 Å². The molecule has 0 bridgehead atoms. The summed E-state index contributed by atoms with van der Waals surface area (Å²) in [6, 6.07) is 2.24. The van der Waals surface area contributed by atoms with Gasteiger partial charge >= 0.3 is 5.97 Å². The number of esters is 1. The van der Waals surface area contributed by atoms with Crippen molar-refractivity contribution < 1.29 is 9.53 Å². The zero-order chi connectivity index (χ0) is 14.8. The highest BCUT2D eigenvalue weighted by Gasteiger charge is 2.27. The van der Waals surface area contributed by atoms with E-state index in [1.807, 2.05) is 10.7 Å². The first-order chi connectivity index (χ1) is 9.43. The number of methoxy groups -OCH3 is 1. The van der Waals surface area contributed by atoms with E-state index in [1.54, 1.807) is 0 Å². The van der Waals surface area contributed by atoms with Gasteiger partial charge in [0, 0.05) is 5.41 Å². The molecule has 0 spiro atoms. The van der Waals surface area contributed by atoms with Crippen molar-refractivity contribution >= 4 is 5.97 Å². The molecule has 1 aliphatic carbocycles. The Morgan fingerprint density at radius 2 is 1.85 bits per heavy atom. The minimum absolute atomic E-state index is 0.0568. The zero-order valence-electron chi connectivity index (χ0n) is 13.1. The first kappa shape index (κ1) is 15.1. The smallest absolute Gasteiger partial charge is 0.356 e. The molecule has 1 heterocycles. The number of ether oxygens (including phenoxy) is 1. The van der Waals surface area contributed by atoms with E-state index in [9.17, 15) is 4.79 Å². The van der Waals surface area contributed by atoms with Gasteiger partial charge in [0.1, 0.15) is 5.69 Å². The van der Waals surface area contributed by atoms with E-state index < -0.39 is 0 Å². The maximum Gasteiger partial charge on any atom is 0.356 e. The summed E-state index contributed by atoms with van der Waals surface area (Å²) in [7, 11) is 1.43. The molecule has 1 aliphatic rings. The number of nitrogens with zero attached hydrogens (tertiary/aromatic N) is 2. The largest absolute Gasteiger partial charge is 0.464 e. The fourth-order valence-corrected chi connectivity index (χ4v) is 2.80.